The summed E-state index contributed by atoms with van der Waals surface area (Å²) in [5.74, 6) is 1.11. The van der Waals surface area contributed by atoms with Crippen molar-refractivity contribution in [3.8, 4) is 16.9 Å². The quantitative estimate of drug-likeness (QED) is 0.551. The number of carbonyl (C=O) groups excluding carboxylic acids is 1. The molecule has 0 N–H and O–H groups in total. The monoisotopic (exact) mass is 442 g/mol. The molecule has 3 aliphatic heterocycles. The Kier molecular flexibility index (Phi) is 5.30. The zero-order valence-electron chi connectivity index (χ0n) is 19.1. The minimum absolute atomic E-state index is 0.161. The second-order valence-electron chi connectivity index (χ2n) is 9.73. The molecule has 3 atom stereocenters. The Labute approximate surface area is 194 Å². The molecule has 3 aliphatic rings. The third kappa shape index (κ3) is 3.89. The van der Waals surface area contributed by atoms with Crippen LogP contribution >= 0.6 is 0 Å². The summed E-state index contributed by atoms with van der Waals surface area (Å²) < 4.78 is 12.1. The number of carbonyl (C=O) groups is 1. The van der Waals surface area contributed by atoms with Gasteiger partial charge in [0.2, 0.25) is 0 Å². The summed E-state index contributed by atoms with van der Waals surface area (Å²) in [6, 6.07) is 17.4. The molecular weight excluding hydrogens is 412 g/mol. The van der Waals surface area contributed by atoms with Gasteiger partial charge in [-0.25, -0.2) is 0 Å². The van der Waals surface area contributed by atoms with Gasteiger partial charge in [0.1, 0.15) is 18.0 Å². The van der Waals surface area contributed by atoms with Gasteiger partial charge in [0, 0.05) is 43.1 Å². The van der Waals surface area contributed by atoms with E-state index in [-0.39, 0.29) is 30.2 Å². The molecule has 0 aliphatic carbocycles. The van der Waals surface area contributed by atoms with Crippen LogP contribution in [0.3, 0.4) is 0 Å². The van der Waals surface area contributed by atoms with Gasteiger partial charge in [0.05, 0.1) is 5.52 Å². The minimum Gasteiger partial charge on any atom is -0.490 e. The summed E-state index contributed by atoms with van der Waals surface area (Å²) >= 11 is 0. The molecule has 2 unspecified atom stereocenters. The van der Waals surface area contributed by atoms with Gasteiger partial charge in [-0.1, -0.05) is 18.2 Å². The van der Waals surface area contributed by atoms with E-state index in [9.17, 15) is 4.79 Å². The molecular formula is C28H30N2O3. The SMILES string of the molecule is Cc1cc2cccnc2cc1-c1ccc(OC2CC3CCC(C2)N3C(=O)[C@H]2CCCO2)cc1. The number of benzene rings is 2. The molecule has 3 saturated heterocycles. The fourth-order valence-corrected chi connectivity index (χ4v) is 5.97. The first-order valence-electron chi connectivity index (χ1n) is 12.2. The normalized spacial score (nSPS) is 26.6. The van der Waals surface area contributed by atoms with Crippen molar-refractivity contribution in [2.75, 3.05) is 6.61 Å². The smallest absolute Gasteiger partial charge is 0.252 e. The van der Waals surface area contributed by atoms with Gasteiger partial charge in [-0.2, -0.15) is 0 Å². The fourth-order valence-electron chi connectivity index (χ4n) is 5.97. The van der Waals surface area contributed by atoms with E-state index in [1.165, 1.54) is 16.7 Å². The van der Waals surface area contributed by atoms with Crippen LogP contribution in [-0.2, 0) is 9.53 Å². The van der Waals surface area contributed by atoms with Gasteiger partial charge in [-0.05, 0) is 79.6 Å². The Bertz CT molecular complexity index is 1160. The highest BCUT2D eigenvalue weighted by molar-refractivity contribution is 5.86. The minimum atomic E-state index is -0.216. The number of hydrogen-bond donors (Lipinski definition) is 0. The average Bonchev–Trinajstić information content (AvgIpc) is 3.46. The summed E-state index contributed by atoms with van der Waals surface area (Å²) in [7, 11) is 0. The topological polar surface area (TPSA) is 51.7 Å². The van der Waals surface area contributed by atoms with Crippen molar-refractivity contribution < 1.29 is 14.3 Å². The average molecular weight is 443 g/mol. The highest BCUT2D eigenvalue weighted by Gasteiger charge is 2.46. The molecule has 3 aromatic rings. The molecule has 0 spiro atoms. The molecule has 1 aromatic heterocycles. The first kappa shape index (κ1) is 20.7. The molecule has 0 saturated carbocycles. The van der Waals surface area contributed by atoms with Crippen LogP contribution in [-0.4, -0.2) is 46.7 Å². The lowest BCUT2D eigenvalue weighted by Gasteiger charge is -2.39. The standard InChI is InChI=1S/C28H30N2O3/c1-18-14-20-4-2-12-29-26(20)17-25(18)19-6-10-23(11-7-19)33-24-15-21-8-9-22(16-24)30(21)28(31)27-5-3-13-32-27/h2,4,6-7,10-12,14,17,21-22,24,27H,3,5,8-9,13,15-16H2,1H3/t21?,22?,24?,27-/m1/s1. The number of ether oxygens (including phenoxy) is 2. The van der Waals surface area contributed by atoms with Gasteiger partial charge >= 0.3 is 0 Å². The molecule has 1 amide bonds. The van der Waals surface area contributed by atoms with Crippen LogP contribution in [0.4, 0.5) is 0 Å². The van der Waals surface area contributed by atoms with Crippen LogP contribution in [0, 0.1) is 6.92 Å². The van der Waals surface area contributed by atoms with Crippen LogP contribution in [0.5, 0.6) is 5.75 Å². The van der Waals surface area contributed by atoms with Gasteiger partial charge in [0.15, 0.2) is 0 Å². The number of aromatic nitrogens is 1. The number of amides is 1. The van der Waals surface area contributed by atoms with E-state index in [1.807, 2.05) is 12.3 Å². The van der Waals surface area contributed by atoms with Crippen LogP contribution < -0.4 is 4.74 Å². The molecule has 0 radical (unpaired) electrons. The van der Waals surface area contributed by atoms with Crippen LogP contribution in [0.15, 0.2) is 54.7 Å². The predicted octanol–water partition coefficient (Wildman–Crippen LogP) is 5.29. The first-order chi connectivity index (χ1) is 16.2. The van der Waals surface area contributed by atoms with E-state index in [0.29, 0.717) is 0 Å². The summed E-state index contributed by atoms with van der Waals surface area (Å²) in [5, 5.41) is 1.16. The second kappa shape index (κ2) is 8.45. The van der Waals surface area contributed by atoms with Crippen molar-refractivity contribution in [1.82, 2.24) is 9.88 Å². The molecule has 2 bridgehead atoms. The maximum absolute atomic E-state index is 13.0. The lowest BCUT2D eigenvalue weighted by molar-refractivity contribution is -0.147. The second-order valence-corrected chi connectivity index (χ2v) is 9.73. The van der Waals surface area contributed by atoms with E-state index in [2.05, 4.69) is 59.3 Å². The van der Waals surface area contributed by atoms with Crippen LogP contribution in [0.25, 0.3) is 22.0 Å². The van der Waals surface area contributed by atoms with E-state index in [1.54, 1.807) is 0 Å². The van der Waals surface area contributed by atoms with Crippen molar-refractivity contribution in [2.24, 2.45) is 0 Å². The molecule has 4 heterocycles. The lowest BCUT2D eigenvalue weighted by atomic mass is 9.97. The van der Waals surface area contributed by atoms with Crippen LogP contribution in [0.2, 0.25) is 0 Å². The van der Waals surface area contributed by atoms with Crippen molar-refractivity contribution in [1.29, 1.82) is 0 Å². The van der Waals surface area contributed by atoms with E-state index >= 15 is 0 Å². The van der Waals surface area contributed by atoms with Crippen molar-refractivity contribution in [3.63, 3.8) is 0 Å². The number of pyridine rings is 1. The fraction of sp³-hybridized carbons (Fsp3) is 0.429. The molecule has 33 heavy (non-hydrogen) atoms. The Balaban J connectivity index is 1.14. The predicted molar refractivity (Wildman–Crippen MR) is 128 cm³/mol. The van der Waals surface area contributed by atoms with Gasteiger partial charge in [0.25, 0.3) is 5.91 Å². The summed E-state index contributed by atoms with van der Waals surface area (Å²) in [5.41, 5.74) is 4.62. The number of fused-ring (bicyclic) bond motifs is 3. The number of rotatable bonds is 4. The number of aryl methyl sites for hydroxylation is 1. The van der Waals surface area contributed by atoms with Crippen molar-refractivity contribution >= 4 is 16.8 Å². The molecule has 170 valence electrons. The van der Waals surface area contributed by atoms with E-state index < -0.39 is 0 Å². The molecule has 3 fully saturated rings. The number of piperidine rings is 1. The summed E-state index contributed by atoms with van der Waals surface area (Å²) in [6.45, 7) is 2.87. The van der Waals surface area contributed by atoms with Crippen molar-refractivity contribution in [2.45, 2.75) is 69.7 Å². The molecule has 6 rings (SSSR count). The Morgan fingerprint density at radius 2 is 1.85 bits per heavy atom. The summed E-state index contributed by atoms with van der Waals surface area (Å²) in [6.07, 6.45) is 7.63. The summed E-state index contributed by atoms with van der Waals surface area (Å²) in [4.78, 5) is 19.6. The zero-order chi connectivity index (χ0) is 22.4. The Morgan fingerprint density at radius 1 is 1.06 bits per heavy atom. The third-order valence-corrected chi connectivity index (χ3v) is 7.57. The molecule has 5 nitrogen and oxygen atoms in total. The van der Waals surface area contributed by atoms with Gasteiger partial charge in [-0.3, -0.25) is 9.78 Å². The molecule has 2 aromatic carbocycles. The maximum Gasteiger partial charge on any atom is 0.252 e. The number of hydrogen-bond acceptors (Lipinski definition) is 4. The third-order valence-electron chi connectivity index (χ3n) is 7.57. The van der Waals surface area contributed by atoms with E-state index in [0.717, 1.165) is 61.8 Å². The van der Waals surface area contributed by atoms with Crippen LogP contribution in [0.1, 0.15) is 44.1 Å². The first-order valence-corrected chi connectivity index (χ1v) is 12.2. The Morgan fingerprint density at radius 3 is 2.58 bits per heavy atom. The van der Waals surface area contributed by atoms with Gasteiger partial charge < -0.3 is 14.4 Å². The lowest BCUT2D eigenvalue weighted by Crippen LogP contribution is -2.52. The largest absolute Gasteiger partial charge is 0.490 e. The highest BCUT2D eigenvalue weighted by atomic mass is 16.5. The molecule has 5 heteroatoms. The van der Waals surface area contributed by atoms with Crippen molar-refractivity contribution in [3.05, 3.63) is 60.3 Å². The maximum atomic E-state index is 13.0. The van der Waals surface area contributed by atoms with Gasteiger partial charge in [-0.15, -0.1) is 0 Å². The highest BCUT2D eigenvalue weighted by Crippen LogP contribution is 2.39. The zero-order valence-corrected chi connectivity index (χ0v) is 19.1. The van der Waals surface area contributed by atoms with E-state index in [4.69, 9.17) is 9.47 Å². The number of nitrogens with zero attached hydrogens (tertiary/aromatic N) is 2. The Hall–Kier alpha value is -2.92.